The number of hydrogen-bond acceptors (Lipinski definition) is 7. The lowest BCUT2D eigenvalue weighted by molar-refractivity contribution is -0.150. The zero-order chi connectivity index (χ0) is 42.6. The van der Waals surface area contributed by atoms with Crippen LogP contribution < -0.4 is 27.0 Å². The van der Waals surface area contributed by atoms with Gasteiger partial charge >= 0.3 is 6.09 Å². The van der Waals surface area contributed by atoms with E-state index in [1.54, 1.807) is 6.92 Å². The lowest BCUT2D eigenvalue weighted by Crippen LogP contribution is -2.60. The molecule has 6 rings (SSSR count). The second kappa shape index (κ2) is 15.7. The summed E-state index contributed by atoms with van der Waals surface area (Å²) in [5.41, 5.74) is 9.22. The smallest absolute Gasteiger partial charge is 0.412 e. The van der Waals surface area contributed by atoms with E-state index in [4.69, 9.17) is 10.5 Å². The molecule has 6 N–H and O–H groups in total. The largest absolute Gasteiger partial charge is 0.444 e. The van der Waals surface area contributed by atoms with E-state index in [-0.39, 0.29) is 52.2 Å². The topological polar surface area (TPSA) is 169 Å². The Morgan fingerprint density at radius 3 is 1.62 bits per heavy atom. The molecule has 11 heteroatoms. The van der Waals surface area contributed by atoms with E-state index in [1.807, 2.05) is 59.7 Å². The number of carbonyl (C=O) groups excluding carboxylic acids is 5. The maximum absolute atomic E-state index is 14.7. The van der Waals surface area contributed by atoms with Gasteiger partial charge in [0, 0.05) is 11.4 Å². The van der Waals surface area contributed by atoms with E-state index in [0.717, 1.165) is 62.5 Å². The number of imide groups is 1. The lowest BCUT2D eigenvalue weighted by atomic mass is 9.49. The van der Waals surface area contributed by atoms with Gasteiger partial charge in [-0.15, -0.1) is 0 Å². The average Bonchev–Trinajstić information content (AvgIpc) is 3.13. The normalized spacial score (nSPS) is 29.9. The molecule has 2 aromatic rings. The van der Waals surface area contributed by atoms with Crippen molar-refractivity contribution in [1.29, 1.82) is 0 Å². The summed E-state index contributed by atoms with van der Waals surface area (Å²) < 4.78 is 5.52. The number of carbonyl (C=O) groups is 5. The monoisotopic (exact) mass is 798 g/mol. The first kappa shape index (κ1) is 43.3. The van der Waals surface area contributed by atoms with E-state index >= 15 is 0 Å². The van der Waals surface area contributed by atoms with Gasteiger partial charge in [0.25, 0.3) is 0 Å². The number of amides is 5. The SMILES string of the molecule is CC(C)[C@H](N)C(=O)N[C@@H](C)C(=O)Nc1ccc2c(c1)[C@@]1(C)CCC[C@](C)(C(=O)NC(=O)[C@@]3(C)CCC[C@]4(C)c5cc(NC(=O)OC(C)(C)C)ccc5CC[C@@H]34)[C@@H]1CC2. The molecule has 4 aliphatic rings. The van der Waals surface area contributed by atoms with Gasteiger partial charge in [0.2, 0.25) is 23.6 Å². The molecule has 2 fully saturated rings. The van der Waals surface area contributed by atoms with E-state index in [0.29, 0.717) is 24.2 Å². The van der Waals surface area contributed by atoms with Gasteiger partial charge in [0.15, 0.2) is 0 Å². The highest BCUT2D eigenvalue weighted by Gasteiger charge is 2.58. The first-order chi connectivity index (χ1) is 27.0. The van der Waals surface area contributed by atoms with Crippen LogP contribution in [0.25, 0.3) is 0 Å². The quantitative estimate of drug-likeness (QED) is 0.170. The highest BCUT2D eigenvalue weighted by Crippen LogP contribution is 2.60. The number of ether oxygens (including phenoxy) is 1. The van der Waals surface area contributed by atoms with Crippen molar-refractivity contribution in [3.8, 4) is 0 Å². The zero-order valence-electron chi connectivity index (χ0n) is 36.4. The number of nitrogens with one attached hydrogen (secondary N) is 4. The Hall–Kier alpha value is -4.25. The summed E-state index contributed by atoms with van der Waals surface area (Å²) in [5, 5.41) is 11.7. The Balaban J connectivity index is 1.19. The second-order valence-corrected chi connectivity index (χ2v) is 20.2. The van der Waals surface area contributed by atoms with Crippen LogP contribution >= 0.6 is 0 Å². The van der Waals surface area contributed by atoms with Gasteiger partial charge in [-0.05, 0) is 154 Å². The Labute approximate surface area is 345 Å². The van der Waals surface area contributed by atoms with E-state index in [1.165, 1.54) is 11.1 Å². The molecular weight excluding hydrogens is 731 g/mol. The van der Waals surface area contributed by atoms with Crippen molar-refractivity contribution in [1.82, 2.24) is 10.6 Å². The Kier molecular flexibility index (Phi) is 11.8. The van der Waals surface area contributed by atoms with Crippen molar-refractivity contribution in [2.45, 2.75) is 162 Å². The van der Waals surface area contributed by atoms with Crippen LogP contribution in [0.4, 0.5) is 16.2 Å². The van der Waals surface area contributed by atoms with E-state index in [2.05, 4.69) is 60.2 Å². The highest BCUT2D eigenvalue weighted by molar-refractivity contribution is 6.01. The summed E-state index contributed by atoms with van der Waals surface area (Å²) in [6.45, 7) is 19.5. The summed E-state index contributed by atoms with van der Waals surface area (Å²) in [4.78, 5) is 67.8. The Morgan fingerprint density at radius 2 is 1.17 bits per heavy atom. The van der Waals surface area contributed by atoms with Crippen LogP contribution in [0, 0.1) is 28.6 Å². The van der Waals surface area contributed by atoms with Gasteiger partial charge in [0.1, 0.15) is 11.6 Å². The van der Waals surface area contributed by atoms with Gasteiger partial charge in [-0.1, -0.05) is 66.5 Å². The maximum Gasteiger partial charge on any atom is 0.412 e. The molecule has 2 saturated carbocycles. The van der Waals surface area contributed by atoms with Crippen molar-refractivity contribution in [2.75, 3.05) is 10.6 Å². The minimum atomic E-state index is -0.776. The fraction of sp³-hybridized carbons (Fsp3) is 0.638. The first-order valence-electron chi connectivity index (χ1n) is 21.5. The molecule has 0 saturated heterocycles. The van der Waals surface area contributed by atoms with Crippen LogP contribution in [0.2, 0.25) is 0 Å². The minimum absolute atomic E-state index is 0.00780. The van der Waals surface area contributed by atoms with Crippen LogP contribution in [0.1, 0.15) is 143 Å². The number of benzene rings is 2. The van der Waals surface area contributed by atoms with Gasteiger partial charge < -0.3 is 21.1 Å². The molecule has 58 heavy (non-hydrogen) atoms. The number of nitrogens with two attached hydrogens (primary N) is 1. The van der Waals surface area contributed by atoms with Crippen LogP contribution in [-0.2, 0) is 47.6 Å². The summed E-state index contributed by atoms with van der Waals surface area (Å²) in [6.07, 6.45) is 7.63. The molecule has 8 atom stereocenters. The first-order valence-corrected chi connectivity index (χ1v) is 21.5. The number of rotatable bonds is 8. The van der Waals surface area contributed by atoms with Gasteiger partial charge in [0.05, 0.1) is 16.9 Å². The van der Waals surface area contributed by atoms with E-state index in [9.17, 15) is 24.0 Å². The molecule has 316 valence electrons. The molecule has 0 unspecified atom stereocenters. The summed E-state index contributed by atoms with van der Waals surface area (Å²) in [6, 6.07) is 10.6. The summed E-state index contributed by atoms with van der Waals surface area (Å²) in [7, 11) is 0. The van der Waals surface area contributed by atoms with Crippen molar-refractivity contribution in [3.63, 3.8) is 0 Å². The third-order valence-corrected chi connectivity index (χ3v) is 14.7. The van der Waals surface area contributed by atoms with Crippen LogP contribution in [0.3, 0.4) is 0 Å². The van der Waals surface area contributed by atoms with Gasteiger partial charge in [-0.3, -0.25) is 29.8 Å². The van der Waals surface area contributed by atoms with Crippen molar-refractivity contribution >= 4 is 41.1 Å². The second-order valence-electron chi connectivity index (χ2n) is 20.2. The summed E-state index contributed by atoms with van der Waals surface area (Å²) in [5.74, 6) is -1.15. The molecule has 0 heterocycles. The van der Waals surface area contributed by atoms with Crippen molar-refractivity contribution in [3.05, 3.63) is 58.7 Å². The number of aryl methyl sites for hydroxylation is 2. The molecule has 2 aromatic carbocycles. The minimum Gasteiger partial charge on any atom is -0.444 e. The fourth-order valence-electron chi connectivity index (χ4n) is 11.4. The Morgan fingerprint density at radius 1 is 0.707 bits per heavy atom. The van der Waals surface area contributed by atoms with Crippen LogP contribution in [0.15, 0.2) is 36.4 Å². The summed E-state index contributed by atoms with van der Waals surface area (Å²) >= 11 is 0. The van der Waals surface area contributed by atoms with Gasteiger partial charge in [-0.2, -0.15) is 0 Å². The number of hydrogen-bond donors (Lipinski definition) is 5. The third-order valence-electron chi connectivity index (χ3n) is 14.7. The third kappa shape index (κ3) is 8.04. The molecule has 5 amide bonds. The molecule has 11 nitrogen and oxygen atoms in total. The Bertz CT molecular complexity index is 1970. The molecule has 0 spiro atoms. The van der Waals surface area contributed by atoms with E-state index < -0.39 is 34.6 Å². The lowest BCUT2D eigenvalue weighted by Gasteiger charge is -2.56. The molecule has 0 radical (unpaired) electrons. The van der Waals surface area contributed by atoms with Crippen LogP contribution in [-0.4, -0.2) is 47.4 Å². The zero-order valence-corrected chi connectivity index (χ0v) is 36.4. The molecule has 0 aromatic heterocycles. The van der Waals surface area contributed by atoms with Crippen molar-refractivity contribution in [2.24, 2.45) is 34.3 Å². The molecule has 0 bridgehead atoms. The molecule has 0 aliphatic heterocycles. The predicted octanol–water partition coefficient (Wildman–Crippen LogP) is 7.82. The maximum atomic E-state index is 14.7. The number of anilines is 2. The van der Waals surface area contributed by atoms with Gasteiger partial charge in [-0.25, -0.2) is 4.79 Å². The molecule has 4 aliphatic carbocycles. The standard InChI is InChI=1S/C47H67N5O6/c1-27(2)37(48)39(54)49-28(3)38(53)50-31-17-13-29-15-19-35-44(7,33(29)25-31)21-11-23-46(35,9)40(55)52-41(56)47(10)24-12-22-45(8)34-26-32(51-42(57)58-43(4,5)6)18-14-30(34)16-20-36(45)47/h13-14,17-18,25-28,35-37H,11-12,15-16,19-24,48H2,1-10H3,(H,49,54)(H,50,53)(H,51,57)(H,52,55,56)/t28-,35+,36+,37-,44+,45+,46-,47-/m0/s1. The number of fused-ring (bicyclic) bond motifs is 6. The van der Waals surface area contributed by atoms with Crippen molar-refractivity contribution < 1.29 is 28.7 Å². The molecular formula is C47H67N5O6. The fourth-order valence-corrected chi connectivity index (χ4v) is 11.4. The highest BCUT2D eigenvalue weighted by atomic mass is 16.6. The average molecular weight is 798 g/mol. The van der Waals surface area contributed by atoms with Crippen LogP contribution in [0.5, 0.6) is 0 Å². The predicted molar refractivity (Wildman–Crippen MR) is 227 cm³/mol.